The van der Waals surface area contributed by atoms with E-state index in [-0.39, 0.29) is 18.0 Å². The van der Waals surface area contributed by atoms with E-state index in [0.29, 0.717) is 17.3 Å². The molecule has 2 aromatic carbocycles. The van der Waals surface area contributed by atoms with E-state index in [2.05, 4.69) is 11.6 Å². The Morgan fingerprint density at radius 1 is 1.03 bits per heavy atom. The maximum absolute atomic E-state index is 13.0. The van der Waals surface area contributed by atoms with Crippen molar-refractivity contribution in [3.63, 3.8) is 0 Å². The van der Waals surface area contributed by atoms with Gasteiger partial charge in [0.25, 0.3) is 0 Å². The predicted molar refractivity (Wildman–Crippen MR) is 109 cm³/mol. The first-order chi connectivity index (χ1) is 14.0. The normalized spacial score (nSPS) is 11.4. The lowest BCUT2D eigenvalue weighted by Crippen LogP contribution is -2.31. The van der Waals surface area contributed by atoms with Crippen LogP contribution in [0.2, 0.25) is 0 Å². The van der Waals surface area contributed by atoms with Gasteiger partial charge in [-0.15, -0.1) is 6.58 Å². The summed E-state index contributed by atoms with van der Waals surface area (Å²) < 4.78 is 43.1. The Bertz CT molecular complexity index is 1060. The van der Waals surface area contributed by atoms with Crippen molar-refractivity contribution in [2.24, 2.45) is 0 Å². The van der Waals surface area contributed by atoms with Crippen molar-refractivity contribution in [2.75, 3.05) is 20.8 Å². The molecular weight excluding hydrogens is 392 g/mol. The van der Waals surface area contributed by atoms with Gasteiger partial charge in [-0.1, -0.05) is 6.08 Å². The van der Waals surface area contributed by atoms with Gasteiger partial charge in [0, 0.05) is 12.1 Å². The van der Waals surface area contributed by atoms with Gasteiger partial charge in [0.15, 0.2) is 0 Å². The lowest BCUT2D eigenvalue weighted by molar-refractivity contribution is 0.413. The van der Waals surface area contributed by atoms with Crippen LogP contribution in [0.3, 0.4) is 0 Å². The Morgan fingerprint density at radius 3 is 2.17 bits per heavy atom. The Balaban J connectivity index is 1.82. The smallest absolute Gasteiger partial charge is 0.243 e. The molecule has 3 aromatic rings. The summed E-state index contributed by atoms with van der Waals surface area (Å²) in [4.78, 5) is 4.59. The highest BCUT2D eigenvalue weighted by Gasteiger charge is 2.25. The number of sulfonamides is 1. The molecule has 0 aliphatic heterocycles. The highest BCUT2D eigenvalue weighted by atomic mass is 32.2. The molecule has 0 saturated heterocycles. The van der Waals surface area contributed by atoms with Crippen LogP contribution >= 0.6 is 0 Å². The zero-order chi connectivity index (χ0) is 20.9. The van der Waals surface area contributed by atoms with Gasteiger partial charge in [0.05, 0.1) is 31.4 Å². The first-order valence-corrected chi connectivity index (χ1v) is 10.3. The number of rotatable bonds is 9. The van der Waals surface area contributed by atoms with Crippen LogP contribution < -0.4 is 9.47 Å². The minimum absolute atomic E-state index is 0.0556. The Morgan fingerprint density at radius 2 is 1.62 bits per heavy atom. The maximum atomic E-state index is 13.0. The average Bonchev–Trinajstić information content (AvgIpc) is 3.22. The number of nitrogens with zero attached hydrogens (tertiary/aromatic N) is 2. The molecule has 1 heterocycles. The van der Waals surface area contributed by atoms with Gasteiger partial charge >= 0.3 is 0 Å². The van der Waals surface area contributed by atoms with Gasteiger partial charge < -0.3 is 13.9 Å². The van der Waals surface area contributed by atoms with Crippen molar-refractivity contribution in [1.82, 2.24) is 9.29 Å². The van der Waals surface area contributed by atoms with Gasteiger partial charge in [-0.3, -0.25) is 0 Å². The summed E-state index contributed by atoms with van der Waals surface area (Å²) in [6.07, 6.45) is 2.99. The molecule has 0 bridgehead atoms. The maximum Gasteiger partial charge on any atom is 0.243 e. The van der Waals surface area contributed by atoms with E-state index in [1.807, 2.05) is 12.1 Å². The van der Waals surface area contributed by atoms with Gasteiger partial charge in [-0.2, -0.15) is 4.31 Å². The zero-order valence-electron chi connectivity index (χ0n) is 16.2. The summed E-state index contributed by atoms with van der Waals surface area (Å²) in [5, 5.41) is 0. The molecule has 0 unspecified atom stereocenters. The number of ether oxygens (including phenoxy) is 2. The minimum Gasteiger partial charge on any atom is -0.497 e. The van der Waals surface area contributed by atoms with Gasteiger partial charge in [-0.05, 0) is 48.5 Å². The number of benzene rings is 2. The van der Waals surface area contributed by atoms with E-state index in [1.165, 1.54) is 35.9 Å². The van der Waals surface area contributed by atoms with Crippen LogP contribution in [-0.2, 0) is 16.6 Å². The molecule has 8 heteroatoms. The first-order valence-electron chi connectivity index (χ1n) is 8.82. The number of hydrogen-bond acceptors (Lipinski definition) is 6. The van der Waals surface area contributed by atoms with Gasteiger partial charge in [0.1, 0.15) is 17.8 Å². The molecule has 0 saturated carbocycles. The van der Waals surface area contributed by atoms with E-state index in [4.69, 9.17) is 13.9 Å². The largest absolute Gasteiger partial charge is 0.497 e. The quantitative estimate of drug-likeness (QED) is 0.496. The van der Waals surface area contributed by atoms with Gasteiger partial charge in [-0.25, -0.2) is 13.4 Å². The minimum atomic E-state index is -3.74. The van der Waals surface area contributed by atoms with E-state index >= 15 is 0 Å². The molecule has 0 amide bonds. The van der Waals surface area contributed by atoms with Crippen molar-refractivity contribution >= 4 is 10.0 Å². The van der Waals surface area contributed by atoms with Crippen molar-refractivity contribution in [1.29, 1.82) is 0 Å². The van der Waals surface area contributed by atoms with Crippen molar-refractivity contribution < 1.29 is 22.3 Å². The fourth-order valence-electron chi connectivity index (χ4n) is 2.71. The Hall–Kier alpha value is -3.10. The molecule has 0 radical (unpaired) electrons. The molecule has 0 aliphatic rings. The molecule has 152 valence electrons. The second-order valence-corrected chi connectivity index (χ2v) is 8.07. The number of methoxy groups -OCH3 is 2. The Labute approximate surface area is 170 Å². The van der Waals surface area contributed by atoms with Crippen LogP contribution in [0.4, 0.5) is 0 Å². The lowest BCUT2D eigenvalue weighted by atomic mass is 10.2. The lowest BCUT2D eigenvalue weighted by Gasteiger charge is -2.19. The van der Waals surface area contributed by atoms with Crippen LogP contribution in [0, 0.1) is 0 Å². The standard InChI is InChI=1S/C21H22N2O5S/c1-4-13-23(29(24,25)20-11-9-19(27-3)10-12-20)14-17-15-28-21(22-17)16-5-7-18(26-2)8-6-16/h4-12,15H,1,13-14H2,2-3H3. The Kier molecular flexibility index (Phi) is 6.36. The monoisotopic (exact) mass is 414 g/mol. The zero-order valence-corrected chi connectivity index (χ0v) is 17.1. The van der Waals surface area contributed by atoms with E-state index in [1.54, 1.807) is 31.4 Å². The van der Waals surface area contributed by atoms with Crippen LogP contribution in [0.5, 0.6) is 11.5 Å². The second kappa shape index (κ2) is 8.93. The molecule has 3 rings (SSSR count). The topological polar surface area (TPSA) is 81.9 Å². The second-order valence-electron chi connectivity index (χ2n) is 6.13. The third kappa shape index (κ3) is 4.67. The highest BCUT2D eigenvalue weighted by Crippen LogP contribution is 2.24. The SMILES string of the molecule is C=CCN(Cc1coc(-c2ccc(OC)cc2)n1)S(=O)(=O)c1ccc(OC)cc1. The number of oxazole rings is 1. The summed E-state index contributed by atoms with van der Waals surface area (Å²) >= 11 is 0. The molecule has 0 N–H and O–H groups in total. The number of aromatic nitrogens is 1. The highest BCUT2D eigenvalue weighted by molar-refractivity contribution is 7.89. The fourth-order valence-corrected chi connectivity index (χ4v) is 4.10. The first kappa shape index (κ1) is 20.6. The molecule has 29 heavy (non-hydrogen) atoms. The molecule has 0 spiro atoms. The molecule has 0 fully saturated rings. The molecular formula is C21H22N2O5S. The summed E-state index contributed by atoms with van der Waals surface area (Å²) in [5.41, 5.74) is 1.26. The summed E-state index contributed by atoms with van der Waals surface area (Å²) in [6.45, 7) is 3.86. The molecule has 0 atom stereocenters. The van der Waals surface area contributed by atoms with Crippen LogP contribution in [0.25, 0.3) is 11.5 Å². The summed E-state index contributed by atoms with van der Waals surface area (Å²) in [5.74, 6) is 1.71. The fraction of sp³-hybridized carbons (Fsp3) is 0.190. The van der Waals surface area contributed by atoms with Gasteiger partial charge in [0.2, 0.25) is 15.9 Å². The number of hydrogen-bond donors (Lipinski definition) is 0. The third-order valence-corrected chi connectivity index (χ3v) is 6.08. The molecule has 7 nitrogen and oxygen atoms in total. The molecule has 1 aromatic heterocycles. The van der Waals surface area contributed by atoms with Crippen LogP contribution in [-0.4, -0.2) is 38.5 Å². The summed E-state index contributed by atoms with van der Waals surface area (Å²) in [6, 6.07) is 13.5. The molecule has 0 aliphatic carbocycles. The predicted octanol–water partition coefficient (Wildman–Crippen LogP) is 3.74. The van der Waals surface area contributed by atoms with Crippen molar-refractivity contribution in [3.05, 3.63) is 73.1 Å². The third-order valence-electron chi connectivity index (χ3n) is 4.26. The van der Waals surface area contributed by atoms with Crippen molar-refractivity contribution in [2.45, 2.75) is 11.4 Å². The average molecular weight is 414 g/mol. The van der Waals surface area contributed by atoms with Crippen LogP contribution in [0.1, 0.15) is 5.69 Å². The van der Waals surface area contributed by atoms with E-state index in [9.17, 15) is 8.42 Å². The summed E-state index contributed by atoms with van der Waals surface area (Å²) in [7, 11) is -0.623. The van der Waals surface area contributed by atoms with E-state index in [0.717, 1.165) is 11.3 Å². The van der Waals surface area contributed by atoms with Crippen molar-refractivity contribution in [3.8, 4) is 23.0 Å². The van der Waals surface area contributed by atoms with E-state index < -0.39 is 10.0 Å². The van der Waals surface area contributed by atoms with Crippen LogP contribution in [0.15, 0.2) is 76.8 Å².